The maximum absolute atomic E-state index is 11.8. The van der Waals surface area contributed by atoms with Gasteiger partial charge in [0.05, 0.1) is 10.7 Å². The Morgan fingerprint density at radius 3 is 2.57 bits per heavy atom. The summed E-state index contributed by atoms with van der Waals surface area (Å²) in [5.41, 5.74) is 3.25. The average molecular weight is 432 g/mol. The number of nitrogens with zero attached hydrogens (tertiary/aromatic N) is 1. The Morgan fingerprint density at radius 2 is 1.90 bits per heavy atom. The van der Waals surface area contributed by atoms with Crippen molar-refractivity contribution in [1.29, 1.82) is 0 Å². The topological polar surface area (TPSA) is 61.7 Å². The molecule has 0 spiro atoms. The van der Waals surface area contributed by atoms with Gasteiger partial charge in [-0.05, 0) is 52.3 Å². The second-order valence-electron chi connectivity index (χ2n) is 4.03. The molecular formula is C14H9Br2ClN2O2. The number of rotatable bonds is 3. The summed E-state index contributed by atoms with van der Waals surface area (Å²) in [7, 11) is 0. The van der Waals surface area contributed by atoms with E-state index in [1.165, 1.54) is 12.3 Å². The van der Waals surface area contributed by atoms with Gasteiger partial charge in [0.1, 0.15) is 5.75 Å². The fourth-order valence-electron chi connectivity index (χ4n) is 1.51. The average Bonchev–Trinajstić information content (AvgIpc) is 2.44. The van der Waals surface area contributed by atoms with Crippen LogP contribution in [0.3, 0.4) is 0 Å². The SMILES string of the molecule is O=C(N/N=C/c1cc(Cl)cc(Br)c1O)c1ccc(Br)cc1. The molecular weight excluding hydrogens is 423 g/mol. The minimum atomic E-state index is -0.348. The fourth-order valence-corrected chi connectivity index (χ4v) is 2.61. The zero-order chi connectivity index (χ0) is 15.4. The first-order valence-corrected chi connectivity index (χ1v) is 7.71. The first-order valence-electron chi connectivity index (χ1n) is 5.74. The normalized spacial score (nSPS) is 10.8. The van der Waals surface area contributed by atoms with Crippen LogP contribution in [-0.2, 0) is 0 Å². The van der Waals surface area contributed by atoms with E-state index in [1.807, 2.05) is 0 Å². The Bertz CT molecular complexity index is 703. The van der Waals surface area contributed by atoms with Crippen LogP contribution in [0.15, 0.2) is 50.4 Å². The summed E-state index contributed by atoms with van der Waals surface area (Å²) in [4.78, 5) is 11.8. The number of halogens is 3. The van der Waals surface area contributed by atoms with Crippen molar-refractivity contribution in [1.82, 2.24) is 5.43 Å². The number of hydrogen-bond donors (Lipinski definition) is 2. The standard InChI is InChI=1S/C14H9Br2ClN2O2/c15-10-3-1-8(2-4-10)14(21)19-18-7-9-5-11(17)6-12(16)13(9)20/h1-7,20H,(H,19,21)/b18-7+. The number of benzene rings is 2. The minimum Gasteiger partial charge on any atom is -0.506 e. The lowest BCUT2D eigenvalue weighted by molar-refractivity contribution is 0.0955. The molecule has 21 heavy (non-hydrogen) atoms. The molecule has 0 aromatic heterocycles. The van der Waals surface area contributed by atoms with Gasteiger partial charge in [0.15, 0.2) is 0 Å². The van der Waals surface area contributed by atoms with Gasteiger partial charge in [-0.1, -0.05) is 27.5 Å². The van der Waals surface area contributed by atoms with Crippen LogP contribution in [-0.4, -0.2) is 17.2 Å². The Hall–Kier alpha value is -1.37. The second kappa shape index (κ2) is 7.06. The van der Waals surface area contributed by atoms with E-state index in [4.69, 9.17) is 11.6 Å². The van der Waals surface area contributed by atoms with E-state index < -0.39 is 0 Å². The zero-order valence-electron chi connectivity index (χ0n) is 10.5. The molecule has 0 unspecified atom stereocenters. The third-order valence-corrected chi connectivity index (χ3v) is 3.89. The van der Waals surface area contributed by atoms with Crippen molar-refractivity contribution in [2.24, 2.45) is 5.10 Å². The fraction of sp³-hybridized carbons (Fsp3) is 0. The van der Waals surface area contributed by atoms with Crippen LogP contribution in [0.2, 0.25) is 5.02 Å². The largest absolute Gasteiger partial charge is 0.506 e. The number of hydrazone groups is 1. The molecule has 0 radical (unpaired) electrons. The van der Waals surface area contributed by atoms with Crippen LogP contribution < -0.4 is 5.43 Å². The van der Waals surface area contributed by atoms with Gasteiger partial charge < -0.3 is 5.11 Å². The van der Waals surface area contributed by atoms with Gasteiger partial charge in [0, 0.05) is 20.6 Å². The Kier molecular flexibility index (Phi) is 5.39. The number of carbonyl (C=O) groups is 1. The lowest BCUT2D eigenvalue weighted by Crippen LogP contribution is -2.17. The lowest BCUT2D eigenvalue weighted by atomic mass is 10.2. The highest BCUT2D eigenvalue weighted by Crippen LogP contribution is 2.30. The van der Waals surface area contributed by atoms with Crippen molar-refractivity contribution >= 4 is 55.6 Å². The first-order chi connectivity index (χ1) is 9.97. The highest BCUT2D eigenvalue weighted by molar-refractivity contribution is 9.10. The summed E-state index contributed by atoms with van der Waals surface area (Å²) in [6.45, 7) is 0. The maximum atomic E-state index is 11.8. The van der Waals surface area contributed by atoms with Crippen LogP contribution in [0.25, 0.3) is 0 Å². The van der Waals surface area contributed by atoms with Crippen LogP contribution in [0.1, 0.15) is 15.9 Å². The van der Waals surface area contributed by atoms with E-state index in [0.717, 1.165) is 4.47 Å². The molecule has 7 heteroatoms. The van der Waals surface area contributed by atoms with Gasteiger partial charge in [-0.2, -0.15) is 5.10 Å². The van der Waals surface area contributed by atoms with Gasteiger partial charge in [-0.15, -0.1) is 0 Å². The number of phenolic OH excluding ortho intramolecular Hbond substituents is 1. The van der Waals surface area contributed by atoms with Gasteiger partial charge in [-0.25, -0.2) is 5.43 Å². The summed E-state index contributed by atoms with van der Waals surface area (Å²) >= 11 is 12.3. The Labute approximate surface area is 143 Å². The van der Waals surface area contributed by atoms with Gasteiger partial charge in [0.25, 0.3) is 5.91 Å². The van der Waals surface area contributed by atoms with Crippen molar-refractivity contribution in [3.8, 4) is 5.75 Å². The monoisotopic (exact) mass is 430 g/mol. The molecule has 2 rings (SSSR count). The summed E-state index contributed by atoms with van der Waals surface area (Å²) < 4.78 is 1.34. The number of hydrogen-bond acceptors (Lipinski definition) is 3. The molecule has 0 saturated carbocycles. The van der Waals surface area contributed by atoms with E-state index in [1.54, 1.807) is 30.3 Å². The molecule has 0 fully saturated rings. The highest BCUT2D eigenvalue weighted by Gasteiger charge is 2.06. The van der Waals surface area contributed by atoms with E-state index in [-0.39, 0.29) is 11.7 Å². The summed E-state index contributed by atoms with van der Waals surface area (Å²) in [5.74, 6) is -0.347. The van der Waals surface area contributed by atoms with Crippen molar-refractivity contribution in [2.75, 3.05) is 0 Å². The smallest absolute Gasteiger partial charge is 0.271 e. The molecule has 0 aliphatic carbocycles. The highest BCUT2D eigenvalue weighted by atomic mass is 79.9. The van der Waals surface area contributed by atoms with E-state index in [9.17, 15) is 9.90 Å². The van der Waals surface area contributed by atoms with Crippen molar-refractivity contribution in [2.45, 2.75) is 0 Å². The third-order valence-electron chi connectivity index (χ3n) is 2.53. The predicted octanol–water partition coefficient (Wildman–Crippen LogP) is 4.33. The summed E-state index contributed by atoms with van der Waals surface area (Å²) in [6, 6.07) is 9.97. The van der Waals surface area contributed by atoms with Crippen molar-refractivity contribution in [3.63, 3.8) is 0 Å². The predicted molar refractivity (Wildman–Crippen MR) is 90.0 cm³/mol. The van der Waals surface area contributed by atoms with Crippen LogP contribution >= 0.6 is 43.5 Å². The molecule has 0 atom stereocenters. The molecule has 0 aliphatic heterocycles. The first kappa shape index (κ1) is 16.0. The number of nitrogens with one attached hydrogen (secondary N) is 1. The van der Waals surface area contributed by atoms with Gasteiger partial charge in [0.2, 0.25) is 0 Å². The Balaban J connectivity index is 2.09. The van der Waals surface area contributed by atoms with Gasteiger partial charge >= 0.3 is 0 Å². The van der Waals surface area contributed by atoms with Crippen molar-refractivity contribution in [3.05, 3.63) is 61.5 Å². The second-order valence-corrected chi connectivity index (χ2v) is 6.24. The molecule has 2 N–H and O–H groups in total. The summed E-state index contributed by atoms with van der Waals surface area (Å²) in [6.07, 6.45) is 1.32. The van der Waals surface area contributed by atoms with Gasteiger partial charge in [-0.3, -0.25) is 4.79 Å². The Morgan fingerprint density at radius 1 is 1.24 bits per heavy atom. The molecule has 1 amide bonds. The number of amides is 1. The molecule has 0 heterocycles. The minimum absolute atomic E-state index is 0.000964. The van der Waals surface area contributed by atoms with E-state index in [2.05, 4.69) is 42.4 Å². The van der Waals surface area contributed by atoms with Crippen molar-refractivity contribution < 1.29 is 9.90 Å². The number of carbonyl (C=O) groups excluding carboxylic acids is 1. The molecule has 4 nitrogen and oxygen atoms in total. The lowest BCUT2D eigenvalue weighted by Gasteiger charge is -2.03. The zero-order valence-corrected chi connectivity index (χ0v) is 14.4. The summed E-state index contributed by atoms with van der Waals surface area (Å²) in [5, 5.41) is 14.1. The third kappa shape index (κ3) is 4.30. The molecule has 0 bridgehead atoms. The molecule has 2 aromatic rings. The number of aromatic hydroxyl groups is 1. The molecule has 2 aromatic carbocycles. The number of phenols is 1. The molecule has 0 aliphatic rings. The van der Waals surface area contributed by atoms with Crippen LogP contribution in [0.5, 0.6) is 5.75 Å². The molecule has 0 saturated heterocycles. The maximum Gasteiger partial charge on any atom is 0.271 e. The van der Waals surface area contributed by atoms with Crippen LogP contribution in [0, 0.1) is 0 Å². The molecule has 108 valence electrons. The quantitative estimate of drug-likeness (QED) is 0.560. The van der Waals surface area contributed by atoms with Crippen LogP contribution in [0.4, 0.5) is 0 Å². The van der Waals surface area contributed by atoms with E-state index >= 15 is 0 Å². The van der Waals surface area contributed by atoms with E-state index in [0.29, 0.717) is 20.6 Å².